The molecule has 106 valence electrons. The highest BCUT2D eigenvalue weighted by Gasteiger charge is 2.17. The van der Waals surface area contributed by atoms with Gasteiger partial charge in [0.05, 0.1) is 0 Å². The SMILES string of the molecule is CC(C)(C)c1ccccc1NCc1cc(F)ccc1F. The smallest absolute Gasteiger partial charge is 0.128 e. The van der Waals surface area contributed by atoms with Gasteiger partial charge in [-0.3, -0.25) is 0 Å². The molecule has 2 aromatic carbocycles. The minimum absolute atomic E-state index is 0.00985. The zero-order chi connectivity index (χ0) is 14.8. The first-order valence-corrected chi connectivity index (χ1v) is 6.65. The summed E-state index contributed by atoms with van der Waals surface area (Å²) in [5, 5.41) is 3.20. The number of para-hydroxylation sites is 1. The van der Waals surface area contributed by atoms with Gasteiger partial charge in [-0.15, -0.1) is 0 Å². The Morgan fingerprint density at radius 2 is 1.70 bits per heavy atom. The first-order valence-electron chi connectivity index (χ1n) is 6.65. The molecule has 0 aromatic heterocycles. The van der Waals surface area contributed by atoms with Crippen molar-refractivity contribution in [2.45, 2.75) is 32.7 Å². The van der Waals surface area contributed by atoms with Gasteiger partial charge in [-0.25, -0.2) is 8.78 Å². The van der Waals surface area contributed by atoms with Crippen LogP contribution in [-0.4, -0.2) is 0 Å². The molecule has 0 saturated heterocycles. The molecule has 0 fully saturated rings. The predicted molar refractivity (Wildman–Crippen MR) is 78.8 cm³/mol. The highest BCUT2D eigenvalue weighted by atomic mass is 19.1. The van der Waals surface area contributed by atoms with Gasteiger partial charge < -0.3 is 5.32 Å². The fourth-order valence-electron chi connectivity index (χ4n) is 2.16. The Balaban J connectivity index is 2.21. The third-order valence-corrected chi connectivity index (χ3v) is 3.21. The molecular formula is C17H19F2N. The molecule has 2 rings (SSSR count). The van der Waals surface area contributed by atoms with Crippen LogP contribution >= 0.6 is 0 Å². The van der Waals surface area contributed by atoms with Crippen LogP contribution in [0.4, 0.5) is 14.5 Å². The van der Waals surface area contributed by atoms with Crippen LogP contribution in [0.25, 0.3) is 0 Å². The van der Waals surface area contributed by atoms with Crippen molar-refractivity contribution in [2.24, 2.45) is 0 Å². The fraction of sp³-hybridized carbons (Fsp3) is 0.294. The molecule has 1 N–H and O–H groups in total. The Labute approximate surface area is 118 Å². The maximum absolute atomic E-state index is 13.6. The number of hydrogen-bond donors (Lipinski definition) is 1. The van der Waals surface area contributed by atoms with Crippen molar-refractivity contribution in [1.29, 1.82) is 0 Å². The summed E-state index contributed by atoms with van der Waals surface area (Å²) in [7, 11) is 0. The summed E-state index contributed by atoms with van der Waals surface area (Å²) in [5.74, 6) is -0.820. The first kappa shape index (κ1) is 14.5. The maximum atomic E-state index is 13.6. The molecule has 0 atom stereocenters. The van der Waals surface area contributed by atoms with E-state index in [1.807, 2.05) is 24.3 Å². The number of anilines is 1. The van der Waals surface area contributed by atoms with E-state index in [0.29, 0.717) is 5.56 Å². The monoisotopic (exact) mass is 275 g/mol. The van der Waals surface area contributed by atoms with Crippen molar-refractivity contribution < 1.29 is 8.78 Å². The molecule has 3 heteroatoms. The second-order valence-corrected chi connectivity index (χ2v) is 5.88. The standard InChI is InChI=1S/C17H19F2N/c1-17(2,3)14-6-4-5-7-16(14)20-11-12-10-13(18)8-9-15(12)19/h4-10,20H,11H2,1-3H3. The lowest BCUT2D eigenvalue weighted by Crippen LogP contribution is -2.15. The largest absolute Gasteiger partial charge is 0.381 e. The number of halogens is 2. The zero-order valence-corrected chi connectivity index (χ0v) is 12.0. The molecule has 0 heterocycles. The lowest BCUT2D eigenvalue weighted by molar-refractivity contribution is 0.585. The fourth-order valence-corrected chi connectivity index (χ4v) is 2.16. The van der Waals surface area contributed by atoms with Crippen LogP contribution in [0.5, 0.6) is 0 Å². The Hall–Kier alpha value is -1.90. The Morgan fingerprint density at radius 1 is 1.00 bits per heavy atom. The molecule has 0 amide bonds. The Bertz CT molecular complexity index is 600. The van der Waals surface area contributed by atoms with Gasteiger partial charge in [-0.1, -0.05) is 39.0 Å². The van der Waals surface area contributed by atoms with Crippen molar-refractivity contribution in [3.63, 3.8) is 0 Å². The molecule has 0 aliphatic rings. The van der Waals surface area contributed by atoms with Crippen LogP contribution in [0, 0.1) is 11.6 Å². The lowest BCUT2D eigenvalue weighted by atomic mass is 9.86. The van der Waals surface area contributed by atoms with Gasteiger partial charge in [-0.2, -0.15) is 0 Å². The molecule has 0 spiro atoms. The Morgan fingerprint density at radius 3 is 2.40 bits per heavy atom. The van der Waals surface area contributed by atoms with E-state index in [4.69, 9.17) is 0 Å². The summed E-state index contributed by atoms with van der Waals surface area (Å²) in [5.41, 5.74) is 2.42. The molecular weight excluding hydrogens is 256 g/mol. The molecule has 0 saturated carbocycles. The van der Waals surface area contributed by atoms with Crippen LogP contribution in [-0.2, 0) is 12.0 Å². The molecule has 0 aliphatic carbocycles. The highest BCUT2D eigenvalue weighted by molar-refractivity contribution is 5.54. The number of nitrogens with one attached hydrogen (secondary N) is 1. The third-order valence-electron chi connectivity index (χ3n) is 3.21. The van der Waals surface area contributed by atoms with E-state index in [9.17, 15) is 8.78 Å². The van der Waals surface area contributed by atoms with Gasteiger partial charge in [-0.05, 0) is 35.2 Å². The Kier molecular flexibility index (Phi) is 4.07. The van der Waals surface area contributed by atoms with Crippen LogP contribution in [0.3, 0.4) is 0 Å². The van der Waals surface area contributed by atoms with E-state index in [-0.39, 0.29) is 12.0 Å². The molecule has 0 radical (unpaired) electrons. The minimum Gasteiger partial charge on any atom is -0.381 e. The summed E-state index contributed by atoms with van der Waals surface area (Å²) < 4.78 is 26.7. The van der Waals surface area contributed by atoms with E-state index in [2.05, 4.69) is 26.1 Å². The van der Waals surface area contributed by atoms with Gasteiger partial charge in [0.1, 0.15) is 11.6 Å². The van der Waals surface area contributed by atoms with Gasteiger partial charge >= 0.3 is 0 Å². The van der Waals surface area contributed by atoms with E-state index in [1.165, 1.54) is 6.07 Å². The van der Waals surface area contributed by atoms with Crippen molar-refractivity contribution in [2.75, 3.05) is 5.32 Å². The summed E-state index contributed by atoms with van der Waals surface area (Å²) in [6.07, 6.45) is 0. The van der Waals surface area contributed by atoms with E-state index in [1.54, 1.807) is 0 Å². The van der Waals surface area contributed by atoms with Crippen molar-refractivity contribution >= 4 is 5.69 Å². The van der Waals surface area contributed by atoms with Crippen molar-refractivity contribution in [3.8, 4) is 0 Å². The summed E-state index contributed by atoms with van der Waals surface area (Å²) >= 11 is 0. The molecule has 20 heavy (non-hydrogen) atoms. The highest BCUT2D eigenvalue weighted by Crippen LogP contribution is 2.29. The van der Waals surface area contributed by atoms with Crippen molar-refractivity contribution in [1.82, 2.24) is 0 Å². The van der Waals surface area contributed by atoms with Crippen molar-refractivity contribution in [3.05, 3.63) is 65.2 Å². The van der Waals surface area contributed by atoms with E-state index < -0.39 is 11.6 Å². The molecule has 0 unspecified atom stereocenters. The van der Waals surface area contributed by atoms with E-state index in [0.717, 1.165) is 23.4 Å². The first-order chi connectivity index (χ1) is 9.38. The summed E-state index contributed by atoms with van der Waals surface area (Å²) in [6.45, 7) is 6.62. The van der Waals surface area contributed by atoms with Crippen LogP contribution < -0.4 is 5.32 Å². The van der Waals surface area contributed by atoms with Crippen LogP contribution in [0.15, 0.2) is 42.5 Å². The average molecular weight is 275 g/mol. The minimum atomic E-state index is -0.424. The second kappa shape index (κ2) is 5.61. The topological polar surface area (TPSA) is 12.0 Å². The molecule has 2 aromatic rings. The number of rotatable bonds is 3. The van der Waals surface area contributed by atoms with Gasteiger partial charge in [0.15, 0.2) is 0 Å². The third kappa shape index (κ3) is 3.35. The summed E-state index contributed by atoms with van der Waals surface area (Å²) in [4.78, 5) is 0. The van der Waals surface area contributed by atoms with Crippen LogP contribution in [0.1, 0.15) is 31.9 Å². The average Bonchev–Trinajstić information content (AvgIpc) is 2.39. The second-order valence-electron chi connectivity index (χ2n) is 5.88. The molecule has 1 nitrogen and oxygen atoms in total. The quantitative estimate of drug-likeness (QED) is 0.842. The normalized spacial score (nSPS) is 11.4. The van der Waals surface area contributed by atoms with Crippen LogP contribution in [0.2, 0.25) is 0 Å². The van der Waals surface area contributed by atoms with Gasteiger partial charge in [0, 0.05) is 17.8 Å². The van der Waals surface area contributed by atoms with Gasteiger partial charge in [0.25, 0.3) is 0 Å². The summed E-state index contributed by atoms with van der Waals surface area (Å²) in [6, 6.07) is 11.4. The zero-order valence-electron chi connectivity index (χ0n) is 12.0. The predicted octanol–water partition coefficient (Wildman–Crippen LogP) is 4.87. The van der Waals surface area contributed by atoms with E-state index >= 15 is 0 Å². The molecule has 0 bridgehead atoms. The number of hydrogen-bond acceptors (Lipinski definition) is 1. The maximum Gasteiger partial charge on any atom is 0.128 e. The molecule has 0 aliphatic heterocycles. The lowest BCUT2D eigenvalue weighted by Gasteiger charge is -2.23. The number of benzene rings is 2. The van der Waals surface area contributed by atoms with Gasteiger partial charge in [0.2, 0.25) is 0 Å².